The van der Waals surface area contributed by atoms with Gasteiger partial charge in [0.2, 0.25) is 0 Å². The molecule has 8 heteroatoms. The molecule has 1 heterocycles. The molecular weight excluding hydrogens is 304 g/mol. The van der Waals surface area contributed by atoms with Gasteiger partial charge in [0.25, 0.3) is 0 Å². The third kappa shape index (κ3) is 5.04. The molecule has 0 N–H and O–H groups in total. The summed E-state index contributed by atoms with van der Waals surface area (Å²) in [7, 11) is 4.76. The molecule has 0 aromatic heterocycles. The zero-order valence-corrected chi connectivity index (χ0v) is 14.2. The average Bonchev–Trinajstić information content (AvgIpc) is 2.51. The van der Waals surface area contributed by atoms with Crippen molar-refractivity contribution < 1.29 is 28.5 Å². The number of esters is 2. The molecule has 1 aliphatic heterocycles. The van der Waals surface area contributed by atoms with Crippen LogP contribution < -0.4 is 0 Å². The zero-order valence-electron chi connectivity index (χ0n) is 14.2. The minimum Gasteiger partial charge on any atom is -0.461 e. The van der Waals surface area contributed by atoms with E-state index >= 15 is 0 Å². The smallest absolute Gasteiger partial charge is 0.358 e. The van der Waals surface area contributed by atoms with Crippen LogP contribution in [0.3, 0.4) is 0 Å². The van der Waals surface area contributed by atoms with Gasteiger partial charge in [-0.25, -0.2) is 14.6 Å². The molecule has 1 rings (SSSR count). The number of rotatable bonds is 8. The first kappa shape index (κ1) is 19.1. The normalized spacial score (nSPS) is 17.9. The number of aliphatic imine (C=N–C) groups is 1. The molecule has 0 saturated carbocycles. The first-order valence-corrected chi connectivity index (χ1v) is 7.24. The highest BCUT2D eigenvalue weighted by atomic mass is 16.6. The number of methoxy groups -OCH3 is 2. The molecule has 23 heavy (non-hydrogen) atoms. The van der Waals surface area contributed by atoms with Crippen LogP contribution in [0.2, 0.25) is 0 Å². The monoisotopic (exact) mass is 328 g/mol. The van der Waals surface area contributed by atoms with E-state index in [-0.39, 0.29) is 18.9 Å². The van der Waals surface area contributed by atoms with Gasteiger partial charge in [0.1, 0.15) is 13.2 Å². The third-order valence-corrected chi connectivity index (χ3v) is 3.41. The summed E-state index contributed by atoms with van der Waals surface area (Å²) < 4.78 is 19.9. The van der Waals surface area contributed by atoms with Gasteiger partial charge < -0.3 is 23.8 Å². The van der Waals surface area contributed by atoms with E-state index in [0.29, 0.717) is 24.6 Å². The van der Waals surface area contributed by atoms with Crippen LogP contribution in [0.25, 0.3) is 0 Å². The van der Waals surface area contributed by atoms with Crippen molar-refractivity contribution in [2.75, 3.05) is 47.7 Å². The maximum atomic E-state index is 12.2. The van der Waals surface area contributed by atoms with Crippen molar-refractivity contribution in [3.8, 4) is 0 Å². The minimum absolute atomic E-state index is 0.146. The predicted octanol–water partition coefficient (Wildman–Crippen LogP) is 0.372. The van der Waals surface area contributed by atoms with E-state index in [1.807, 2.05) is 0 Å². The summed E-state index contributed by atoms with van der Waals surface area (Å²) in [6.45, 7) is 4.33. The molecule has 0 amide bonds. The fraction of sp³-hybridized carbons (Fsp3) is 0.667. The fourth-order valence-corrected chi connectivity index (χ4v) is 2.07. The lowest BCUT2D eigenvalue weighted by Crippen LogP contribution is -2.47. The minimum atomic E-state index is -0.664. The standard InChI is InChI=1S/C15H24N2O6/c1-10-13(15(19)23-9-7-21-5)17(3)11(2)12(16-10)14(18)22-8-6-20-4/h13H,6-9H2,1-5H3. The molecule has 1 aliphatic rings. The van der Waals surface area contributed by atoms with Gasteiger partial charge in [-0.15, -0.1) is 0 Å². The average molecular weight is 328 g/mol. The first-order chi connectivity index (χ1) is 10.9. The Morgan fingerprint density at radius 2 is 1.61 bits per heavy atom. The lowest BCUT2D eigenvalue weighted by molar-refractivity contribution is -0.148. The van der Waals surface area contributed by atoms with Crippen LogP contribution in [0, 0.1) is 0 Å². The van der Waals surface area contributed by atoms with Crippen LogP contribution in [0.15, 0.2) is 16.4 Å². The van der Waals surface area contributed by atoms with E-state index < -0.39 is 18.0 Å². The maximum absolute atomic E-state index is 12.2. The first-order valence-electron chi connectivity index (χ1n) is 7.24. The molecule has 0 aromatic rings. The molecular formula is C15H24N2O6. The van der Waals surface area contributed by atoms with E-state index in [0.717, 1.165) is 0 Å². The molecule has 0 aromatic carbocycles. The summed E-state index contributed by atoms with van der Waals surface area (Å²) in [6, 6.07) is -0.664. The molecule has 1 atom stereocenters. The van der Waals surface area contributed by atoms with E-state index in [9.17, 15) is 9.59 Å². The maximum Gasteiger partial charge on any atom is 0.358 e. The molecule has 130 valence electrons. The lowest BCUT2D eigenvalue weighted by atomic mass is 10.1. The Morgan fingerprint density at radius 3 is 2.17 bits per heavy atom. The molecule has 0 bridgehead atoms. The fourth-order valence-electron chi connectivity index (χ4n) is 2.07. The quantitative estimate of drug-likeness (QED) is 0.470. The Morgan fingerprint density at radius 1 is 1.04 bits per heavy atom. The summed E-state index contributed by atoms with van der Waals surface area (Å²) in [5, 5.41) is 0. The van der Waals surface area contributed by atoms with Crippen molar-refractivity contribution >= 4 is 17.7 Å². The summed E-state index contributed by atoms with van der Waals surface area (Å²) in [5.41, 5.74) is 1.20. The third-order valence-electron chi connectivity index (χ3n) is 3.41. The predicted molar refractivity (Wildman–Crippen MR) is 83.0 cm³/mol. The highest BCUT2D eigenvalue weighted by Crippen LogP contribution is 2.22. The molecule has 8 nitrogen and oxygen atoms in total. The van der Waals surface area contributed by atoms with Gasteiger partial charge >= 0.3 is 11.9 Å². The second-order valence-electron chi connectivity index (χ2n) is 4.99. The molecule has 0 saturated heterocycles. The topological polar surface area (TPSA) is 86.7 Å². The number of ether oxygens (including phenoxy) is 4. The number of nitrogens with zero attached hydrogens (tertiary/aromatic N) is 2. The number of carbonyl (C=O) groups excluding carboxylic acids is 2. The number of likely N-dealkylation sites (N-methyl/N-ethyl adjacent to an activating group) is 1. The molecule has 0 radical (unpaired) electrons. The Hall–Kier alpha value is -1.93. The molecule has 0 spiro atoms. The second kappa shape index (κ2) is 9.26. The lowest BCUT2D eigenvalue weighted by Gasteiger charge is -2.32. The highest BCUT2D eigenvalue weighted by molar-refractivity contribution is 6.08. The second-order valence-corrected chi connectivity index (χ2v) is 4.99. The van der Waals surface area contributed by atoms with Crippen LogP contribution in [0.5, 0.6) is 0 Å². The van der Waals surface area contributed by atoms with Crippen molar-refractivity contribution in [1.29, 1.82) is 0 Å². The number of hydrogen-bond acceptors (Lipinski definition) is 8. The van der Waals surface area contributed by atoms with Gasteiger partial charge in [-0.2, -0.15) is 0 Å². The van der Waals surface area contributed by atoms with Crippen molar-refractivity contribution in [3.63, 3.8) is 0 Å². The summed E-state index contributed by atoms with van der Waals surface area (Å²) in [4.78, 5) is 30.1. The van der Waals surface area contributed by atoms with E-state index in [1.54, 1.807) is 25.8 Å². The summed E-state index contributed by atoms with van der Waals surface area (Å²) in [6.07, 6.45) is 0. The van der Waals surface area contributed by atoms with Gasteiger partial charge in [-0.3, -0.25) is 0 Å². The van der Waals surface area contributed by atoms with Gasteiger partial charge in [-0.05, 0) is 13.8 Å². The number of carbonyl (C=O) groups is 2. The Bertz CT molecular complexity index is 500. The summed E-state index contributed by atoms with van der Waals surface area (Å²) in [5.74, 6) is -0.978. The molecule has 0 aliphatic carbocycles. The molecule has 1 unspecified atom stereocenters. The largest absolute Gasteiger partial charge is 0.461 e. The van der Waals surface area contributed by atoms with Gasteiger partial charge in [-0.1, -0.05) is 0 Å². The van der Waals surface area contributed by atoms with Crippen molar-refractivity contribution in [1.82, 2.24) is 4.90 Å². The van der Waals surface area contributed by atoms with E-state index in [1.165, 1.54) is 14.2 Å². The van der Waals surface area contributed by atoms with Crippen LogP contribution in [-0.4, -0.2) is 76.3 Å². The Balaban J connectivity index is 2.80. The van der Waals surface area contributed by atoms with Crippen molar-refractivity contribution in [2.24, 2.45) is 4.99 Å². The van der Waals surface area contributed by atoms with Crippen LogP contribution in [0.4, 0.5) is 0 Å². The number of hydrogen-bond donors (Lipinski definition) is 0. The van der Waals surface area contributed by atoms with Crippen LogP contribution >= 0.6 is 0 Å². The van der Waals surface area contributed by atoms with Crippen LogP contribution in [-0.2, 0) is 28.5 Å². The van der Waals surface area contributed by atoms with Crippen molar-refractivity contribution in [3.05, 3.63) is 11.4 Å². The Labute approximate surface area is 136 Å². The van der Waals surface area contributed by atoms with Gasteiger partial charge in [0.05, 0.1) is 13.2 Å². The SMILES string of the molecule is COCCOC(=O)C1=C(C)N(C)C(C(=O)OCCOC)C(C)=N1. The Kier molecular flexibility index (Phi) is 7.70. The summed E-state index contributed by atoms with van der Waals surface area (Å²) >= 11 is 0. The van der Waals surface area contributed by atoms with E-state index in [4.69, 9.17) is 18.9 Å². The van der Waals surface area contributed by atoms with Crippen LogP contribution in [0.1, 0.15) is 13.8 Å². The molecule has 0 fully saturated rings. The zero-order chi connectivity index (χ0) is 17.4. The van der Waals surface area contributed by atoms with Gasteiger partial charge in [0, 0.05) is 32.7 Å². The van der Waals surface area contributed by atoms with Crippen molar-refractivity contribution in [2.45, 2.75) is 19.9 Å². The van der Waals surface area contributed by atoms with Gasteiger partial charge in [0.15, 0.2) is 11.7 Å². The number of allylic oxidation sites excluding steroid dienone is 1. The highest BCUT2D eigenvalue weighted by Gasteiger charge is 2.34. The van der Waals surface area contributed by atoms with E-state index in [2.05, 4.69) is 4.99 Å².